The lowest BCUT2D eigenvalue weighted by Gasteiger charge is -2.26. The highest BCUT2D eigenvalue weighted by Crippen LogP contribution is 2.28. The molecule has 1 fully saturated rings. The minimum atomic E-state index is -3.75. The van der Waals surface area contributed by atoms with Gasteiger partial charge in [-0.25, -0.2) is 13.2 Å². The third kappa shape index (κ3) is 7.76. The third-order valence-corrected chi connectivity index (χ3v) is 8.18. The number of hydrogen-bond acceptors (Lipinski definition) is 8. The second kappa shape index (κ2) is 13.0. The molecule has 4 rings (SSSR count). The molecule has 0 bridgehead atoms. The van der Waals surface area contributed by atoms with Crippen molar-refractivity contribution in [2.24, 2.45) is 0 Å². The number of nitrogens with zero attached hydrogens (tertiary/aromatic N) is 1. The number of sulfonamides is 1. The molecule has 1 heterocycles. The zero-order valence-corrected chi connectivity index (χ0v) is 22.1. The number of esters is 1. The van der Waals surface area contributed by atoms with Crippen molar-refractivity contribution < 1.29 is 36.3 Å². The first-order valence-corrected chi connectivity index (χ1v) is 14.1. The second-order valence-corrected chi connectivity index (χ2v) is 11.2. The van der Waals surface area contributed by atoms with E-state index in [2.05, 4.69) is 10.6 Å². The fourth-order valence-corrected chi connectivity index (χ4v) is 5.67. The summed E-state index contributed by atoms with van der Waals surface area (Å²) in [5.74, 6) is -3.94. The number of carbonyl (C=O) groups excluding carboxylic acids is 2. The molecule has 1 saturated heterocycles. The van der Waals surface area contributed by atoms with Crippen LogP contribution in [0.5, 0.6) is 0 Å². The van der Waals surface area contributed by atoms with Gasteiger partial charge in [-0.1, -0.05) is 30.0 Å². The Morgan fingerprint density at radius 3 is 2.41 bits per heavy atom. The van der Waals surface area contributed by atoms with Gasteiger partial charge in [-0.15, -0.1) is 0 Å². The van der Waals surface area contributed by atoms with E-state index in [0.717, 1.165) is 0 Å². The minimum absolute atomic E-state index is 0.0278. The number of thioether (sulfide) groups is 1. The van der Waals surface area contributed by atoms with E-state index in [1.807, 2.05) is 0 Å². The molecule has 13 heteroatoms. The molecule has 0 unspecified atom stereocenters. The van der Waals surface area contributed by atoms with Crippen LogP contribution >= 0.6 is 11.8 Å². The summed E-state index contributed by atoms with van der Waals surface area (Å²) in [6.07, 6.45) is 0. The van der Waals surface area contributed by atoms with E-state index in [9.17, 15) is 26.8 Å². The topological polar surface area (TPSA) is 114 Å². The highest BCUT2D eigenvalue weighted by atomic mass is 32.2. The molecule has 0 aliphatic carbocycles. The SMILES string of the molecule is O=C(COC(=O)c1ccccc1Nc1ccc(SC(F)F)cc1)Nc1cccc(S(=O)(=O)N2CCOCC2)c1. The second-order valence-electron chi connectivity index (χ2n) is 8.24. The fraction of sp³-hybridized carbons (Fsp3) is 0.231. The van der Waals surface area contributed by atoms with Gasteiger partial charge in [-0.05, 0) is 54.6 Å². The van der Waals surface area contributed by atoms with Gasteiger partial charge < -0.3 is 20.1 Å². The van der Waals surface area contributed by atoms with E-state index in [1.54, 1.807) is 30.3 Å². The summed E-state index contributed by atoms with van der Waals surface area (Å²) in [6.45, 7) is 0.509. The Labute approximate surface area is 228 Å². The van der Waals surface area contributed by atoms with Crippen molar-refractivity contribution in [2.75, 3.05) is 43.5 Å². The predicted octanol–water partition coefficient (Wildman–Crippen LogP) is 4.56. The fourth-order valence-electron chi connectivity index (χ4n) is 3.72. The maximum atomic E-state index is 12.9. The molecule has 3 aromatic rings. The molecule has 1 aliphatic rings. The van der Waals surface area contributed by atoms with Crippen LogP contribution < -0.4 is 10.6 Å². The largest absolute Gasteiger partial charge is 0.452 e. The lowest BCUT2D eigenvalue weighted by Crippen LogP contribution is -2.40. The number of nitrogens with one attached hydrogen (secondary N) is 2. The van der Waals surface area contributed by atoms with Crippen molar-refractivity contribution in [3.05, 3.63) is 78.4 Å². The van der Waals surface area contributed by atoms with E-state index < -0.39 is 34.3 Å². The smallest absolute Gasteiger partial charge is 0.340 e. The van der Waals surface area contributed by atoms with Crippen LogP contribution in [0, 0.1) is 0 Å². The average molecular weight is 578 g/mol. The number of hydrogen-bond donors (Lipinski definition) is 2. The first-order valence-electron chi connectivity index (χ1n) is 11.8. The van der Waals surface area contributed by atoms with Crippen LogP contribution in [0.4, 0.5) is 25.8 Å². The number of morpholine rings is 1. The van der Waals surface area contributed by atoms with E-state index in [4.69, 9.17) is 9.47 Å². The van der Waals surface area contributed by atoms with Crippen molar-refractivity contribution in [2.45, 2.75) is 15.5 Å². The molecule has 9 nitrogen and oxygen atoms in total. The Hall–Kier alpha value is -3.52. The number of rotatable bonds is 10. The lowest BCUT2D eigenvalue weighted by molar-refractivity contribution is -0.119. The predicted molar refractivity (Wildman–Crippen MR) is 143 cm³/mol. The number of benzene rings is 3. The summed E-state index contributed by atoms with van der Waals surface area (Å²) in [5, 5.41) is 5.58. The van der Waals surface area contributed by atoms with E-state index in [1.165, 1.54) is 46.8 Å². The van der Waals surface area contributed by atoms with Crippen LogP contribution in [-0.2, 0) is 24.3 Å². The summed E-state index contributed by atoms with van der Waals surface area (Å²) in [4.78, 5) is 25.6. The first-order chi connectivity index (χ1) is 18.7. The molecule has 0 radical (unpaired) electrons. The van der Waals surface area contributed by atoms with E-state index in [0.29, 0.717) is 41.2 Å². The minimum Gasteiger partial charge on any atom is -0.452 e. The van der Waals surface area contributed by atoms with Crippen LogP contribution in [0.3, 0.4) is 0 Å². The van der Waals surface area contributed by atoms with E-state index >= 15 is 0 Å². The van der Waals surface area contributed by atoms with Crippen LogP contribution in [0.25, 0.3) is 0 Å². The Bertz CT molecular complexity index is 1420. The van der Waals surface area contributed by atoms with Crippen molar-refractivity contribution in [3.8, 4) is 0 Å². The molecule has 1 amide bonds. The molecule has 3 aromatic carbocycles. The molecule has 206 valence electrons. The van der Waals surface area contributed by atoms with Crippen molar-refractivity contribution >= 4 is 50.7 Å². The maximum Gasteiger partial charge on any atom is 0.340 e. The Balaban J connectivity index is 1.35. The zero-order chi connectivity index (χ0) is 27.8. The first kappa shape index (κ1) is 28.5. The molecule has 39 heavy (non-hydrogen) atoms. The Morgan fingerprint density at radius 1 is 0.974 bits per heavy atom. The maximum absolute atomic E-state index is 12.9. The van der Waals surface area contributed by atoms with Gasteiger partial charge in [0.05, 0.1) is 29.4 Å². The normalized spacial score (nSPS) is 14.1. The van der Waals surface area contributed by atoms with Gasteiger partial charge >= 0.3 is 5.97 Å². The van der Waals surface area contributed by atoms with Crippen LogP contribution in [0.2, 0.25) is 0 Å². The van der Waals surface area contributed by atoms with Gasteiger partial charge in [0.2, 0.25) is 10.0 Å². The van der Waals surface area contributed by atoms with E-state index in [-0.39, 0.29) is 29.2 Å². The monoisotopic (exact) mass is 577 g/mol. The summed E-state index contributed by atoms with van der Waals surface area (Å²) >= 11 is 0.430. The van der Waals surface area contributed by atoms with Gasteiger partial charge in [-0.2, -0.15) is 13.1 Å². The summed E-state index contributed by atoms with van der Waals surface area (Å²) in [5.41, 5.74) is 1.37. The molecule has 2 N–H and O–H groups in total. The van der Waals surface area contributed by atoms with Crippen LogP contribution in [0.15, 0.2) is 82.6 Å². The van der Waals surface area contributed by atoms with Crippen molar-refractivity contribution in [1.29, 1.82) is 0 Å². The molecule has 1 aliphatic heterocycles. The summed E-state index contributed by atoms with van der Waals surface area (Å²) in [7, 11) is -3.75. The van der Waals surface area contributed by atoms with Gasteiger partial charge in [0.1, 0.15) is 0 Å². The third-order valence-electron chi connectivity index (χ3n) is 5.57. The Morgan fingerprint density at radius 2 is 1.69 bits per heavy atom. The number of halogens is 2. The van der Waals surface area contributed by atoms with Gasteiger partial charge in [0.15, 0.2) is 6.61 Å². The molecular formula is C26H25F2N3O6S2. The zero-order valence-electron chi connectivity index (χ0n) is 20.5. The number of alkyl halides is 2. The quantitative estimate of drug-likeness (QED) is 0.266. The molecule has 0 atom stereocenters. The van der Waals surface area contributed by atoms with Crippen molar-refractivity contribution in [3.63, 3.8) is 0 Å². The van der Waals surface area contributed by atoms with Gasteiger partial charge in [0.25, 0.3) is 11.7 Å². The highest BCUT2D eigenvalue weighted by molar-refractivity contribution is 7.99. The van der Waals surface area contributed by atoms with Gasteiger partial charge in [-0.3, -0.25) is 4.79 Å². The molecular weight excluding hydrogens is 552 g/mol. The Kier molecular flexibility index (Phi) is 9.51. The number of anilines is 3. The summed E-state index contributed by atoms with van der Waals surface area (Å²) < 4.78 is 62.5. The van der Waals surface area contributed by atoms with Crippen LogP contribution in [-0.4, -0.2) is 63.3 Å². The van der Waals surface area contributed by atoms with Crippen molar-refractivity contribution in [1.82, 2.24) is 4.31 Å². The number of amides is 1. The number of carbonyl (C=O) groups is 2. The average Bonchev–Trinajstić information content (AvgIpc) is 2.93. The summed E-state index contributed by atoms with van der Waals surface area (Å²) in [6, 6.07) is 18.6. The standard InChI is InChI=1S/C26H25F2N3O6S2/c27-26(28)38-20-10-8-18(9-11-20)29-23-7-2-1-6-22(23)25(33)37-17-24(32)30-19-4-3-5-21(16-19)39(34,35)31-12-14-36-15-13-31/h1-11,16,26,29H,12-15,17H2,(H,30,32). The lowest BCUT2D eigenvalue weighted by atomic mass is 10.1. The molecule has 0 saturated carbocycles. The molecule has 0 aromatic heterocycles. The van der Waals surface area contributed by atoms with Gasteiger partial charge in [0, 0.05) is 29.4 Å². The molecule has 0 spiro atoms. The number of ether oxygens (including phenoxy) is 2. The van der Waals surface area contributed by atoms with Crippen LogP contribution in [0.1, 0.15) is 10.4 Å². The number of para-hydroxylation sites is 1. The highest BCUT2D eigenvalue weighted by Gasteiger charge is 2.26.